The average molecular weight is 186 g/mol. The van der Waals surface area contributed by atoms with Crippen molar-refractivity contribution in [1.82, 2.24) is 0 Å². The summed E-state index contributed by atoms with van der Waals surface area (Å²) >= 11 is 0. The molecule has 0 bridgehead atoms. The quantitative estimate of drug-likeness (QED) is 0.639. The van der Waals surface area contributed by atoms with Crippen molar-refractivity contribution in [3.05, 3.63) is 0 Å². The number of hydrogen-bond donors (Lipinski definition) is 1. The average Bonchev–Trinajstić information content (AvgIpc) is 2.04. The third-order valence-corrected chi connectivity index (χ3v) is 2.13. The predicted molar refractivity (Wildman–Crippen MR) is 50.5 cm³/mol. The third kappa shape index (κ3) is 2.92. The standard InChI is InChI=1S/C10H18O3/c1-4-6-9(12)10(13,7-5-2)8(3)11/h13H,4-7H2,1-3H3/t10-/m1/s1. The Morgan fingerprint density at radius 1 is 1.23 bits per heavy atom. The van der Waals surface area contributed by atoms with Crippen LogP contribution in [0.4, 0.5) is 0 Å². The van der Waals surface area contributed by atoms with Gasteiger partial charge in [0.1, 0.15) is 0 Å². The van der Waals surface area contributed by atoms with Gasteiger partial charge in [-0.2, -0.15) is 0 Å². The van der Waals surface area contributed by atoms with Gasteiger partial charge >= 0.3 is 0 Å². The van der Waals surface area contributed by atoms with Crippen LogP contribution < -0.4 is 0 Å². The monoisotopic (exact) mass is 186 g/mol. The summed E-state index contributed by atoms with van der Waals surface area (Å²) < 4.78 is 0. The smallest absolute Gasteiger partial charge is 0.180 e. The Morgan fingerprint density at radius 2 is 1.77 bits per heavy atom. The van der Waals surface area contributed by atoms with E-state index in [-0.39, 0.29) is 18.6 Å². The SMILES string of the molecule is CCCC(=O)[C@@](O)(CCC)C(C)=O. The second-order valence-electron chi connectivity index (χ2n) is 3.34. The Labute approximate surface area is 79.1 Å². The minimum absolute atomic E-state index is 0.237. The Morgan fingerprint density at radius 3 is 2.08 bits per heavy atom. The van der Waals surface area contributed by atoms with E-state index in [2.05, 4.69) is 0 Å². The second-order valence-corrected chi connectivity index (χ2v) is 3.34. The summed E-state index contributed by atoms with van der Waals surface area (Å²) in [5, 5.41) is 9.79. The molecule has 0 heterocycles. The van der Waals surface area contributed by atoms with Crippen LogP contribution in [-0.2, 0) is 9.59 Å². The molecule has 3 heteroatoms. The van der Waals surface area contributed by atoms with Crippen LogP contribution in [0.5, 0.6) is 0 Å². The first-order valence-electron chi connectivity index (χ1n) is 4.75. The van der Waals surface area contributed by atoms with E-state index in [0.717, 1.165) is 0 Å². The van der Waals surface area contributed by atoms with Gasteiger partial charge in [-0.15, -0.1) is 0 Å². The molecule has 0 saturated heterocycles. The molecule has 0 aromatic heterocycles. The Balaban J connectivity index is 4.57. The molecule has 1 atom stereocenters. The van der Waals surface area contributed by atoms with Crippen LogP contribution in [0.2, 0.25) is 0 Å². The fourth-order valence-electron chi connectivity index (χ4n) is 1.31. The number of hydrogen-bond acceptors (Lipinski definition) is 3. The van der Waals surface area contributed by atoms with Crippen LogP contribution in [0.15, 0.2) is 0 Å². The first-order chi connectivity index (χ1) is 5.99. The molecule has 0 aromatic rings. The normalized spacial score (nSPS) is 15.1. The Kier molecular flexibility index (Phi) is 4.85. The molecule has 0 spiro atoms. The van der Waals surface area contributed by atoms with E-state index in [1.807, 2.05) is 13.8 Å². The number of rotatable bonds is 6. The van der Waals surface area contributed by atoms with Gasteiger partial charge in [0.2, 0.25) is 0 Å². The molecular formula is C10H18O3. The molecule has 0 amide bonds. The van der Waals surface area contributed by atoms with Crippen LogP contribution in [0.3, 0.4) is 0 Å². The maximum Gasteiger partial charge on any atom is 0.180 e. The molecule has 0 radical (unpaired) electrons. The second kappa shape index (κ2) is 5.12. The molecule has 0 aromatic carbocycles. The molecule has 3 nitrogen and oxygen atoms in total. The van der Waals surface area contributed by atoms with Crippen LogP contribution in [-0.4, -0.2) is 22.3 Å². The molecule has 0 rings (SSSR count). The van der Waals surface area contributed by atoms with E-state index < -0.39 is 11.4 Å². The van der Waals surface area contributed by atoms with E-state index in [0.29, 0.717) is 12.8 Å². The molecule has 0 saturated carbocycles. The predicted octanol–water partition coefficient (Wildman–Crippen LogP) is 1.48. The van der Waals surface area contributed by atoms with Gasteiger partial charge in [-0.05, 0) is 19.8 Å². The van der Waals surface area contributed by atoms with Crippen LogP contribution in [0, 0.1) is 0 Å². The van der Waals surface area contributed by atoms with Crippen LogP contribution in [0.1, 0.15) is 46.5 Å². The zero-order valence-corrected chi connectivity index (χ0v) is 8.59. The third-order valence-electron chi connectivity index (χ3n) is 2.13. The highest BCUT2D eigenvalue weighted by molar-refractivity contribution is 6.09. The molecule has 0 aliphatic heterocycles. The lowest BCUT2D eigenvalue weighted by Crippen LogP contribution is -2.45. The molecule has 0 unspecified atom stereocenters. The summed E-state index contributed by atoms with van der Waals surface area (Å²) in [6.45, 7) is 4.96. The fraction of sp³-hybridized carbons (Fsp3) is 0.800. The van der Waals surface area contributed by atoms with Crippen molar-refractivity contribution in [3.8, 4) is 0 Å². The summed E-state index contributed by atoms with van der Waals surface area (Å²) in [6, 6.07) is 0. The summed E-state index contributed by atoms with van der Waals surface area (Å²) in [6.07, 6.45) is 1.81. The van der Waals surface area contributed by atoms with E-state index in [1.165, 1.54) is 6.92 Å². The minimum Gasteiger partial charge on any atom is -0.375 e. The molecule has 76 valence electrons. The molecular weight excluding hydrogens is 168 g/mol. The molecule has 13 heavy (non-hydrogen) atoms. The highest BCUT2D eigenvalue weighted by Crippen LogP contribution is 2.18. The van der Waals surface area contributed by atoms with Gasteiger partial charge in [0.05, 0.1) is 0 Å². The van der Waals surface area contributed by atoms with Crippen molar-refractivity contribution < 1.29 is 14.7 Å². The van der Waals surface area contributed by atoms with Crippen molar-refractivity contribution in [1.29, 1.82) is 0 Å². The van der Waals surface area contributed by atoms with E-state index in [1.54, 1.807) is 0 Å². The van der Waals surface area contributed by atoms with Crippen LogP contribution in [0.25, 0.3) is 0 Å². The maximum atomic E-state index is 11.4. The van der Waals surface area contributed by atoms with Crippen molar-refractivity contribution in [2.24, 2.45) is 0 Å². The van der Waals surface area contributed by atoms with Gasteiger partial charge in [0.25, 0.3) is 0 Å². The maximum absolute atomic E-state index is 11.4. The number of aliphatic hydroxyl groups is 1. The van der Waals surface area contributed by atoms with E-state index >= 15 is 0 Å². The molecule has 1 N–H and O–H groups in total. The van der Waals surface area contributed by atoms with E-state index in [4.69, 9.17) is 0 Å². The lowest BCUT2D eigenvalue weighted by atomic mass is 9.87. The first kappa shape index (κ1) is 12.3. The molecule has 0 aliphatic rings. The summed E-state index contributed by atoms with van der Waals surface area (Å²) in [5.41, 5.74) is -1.72. The Bertz CT molecular complexity index is 198. The van der Waals surface area contributed by atoms with Crippen molar-refractivity contribution in [3.63, 3.8) is 0 Å². The number of carbonyl (C=O) groups excluding carboxylic acids is 2. The number of ketones is 2. The van der Waals surface area contributed by atoms with Crippen LogP contribution >= 0.6 is 0 Å². The molecule has 0 aliphatic carbocycles. The molecule has 0 fully saturated rings. The largest absolute Gasteiger partial charge is 0.375 e. The highest BCUT2D eigenvalue weighted by Gasteiger charge is 2.38. The fourth-order valence-corrected chi connectivity index (χ4v) is 1.31. The van der Waals surface area contributed by atoms with Gasteiger partial charge < -0.3 is 5.11 Å². The topological polar surface area (TPSA) is 54.4 Å². The first-order valence-corrected chi connectivity index (χ1v) is 4.75. The zero-order chi connectivity index (χ0) is 10.5. The van der Waals surface area contributed by atoms with Gasteiger partial charge in [0.15, 0.2) is 17.2 Å². The van der Waals surface area contributed by atoms with Gasteiger partial charge in [-0.25, -0.2) is 0 Å². The summed E-state index contributed by atoms with van der Waals surface area (Å²) in [5.74, 6) is -0.780. The summed E-state index contributed by atoms with van der Waals surface area (Å²) in [7, 11) is 0. The lowest BCUT2D eigenvalue weighted by Gasteiger charge is -2.22. The van der Waals surface area contributed by atoms with Gasteiger partial charge in [-0.1, -0.05) is 20.3 Å². The van der Waals surface area contributed by atoms with Crippen molar-refractivity contribution in [2.75, 3.05) is 0 Å². The lowest BCUT2D eigenvalue weighted by molar-refractivity contribution is -0.150. The minimum atomic E-state index is -1.72. The zero-order valence-electron chi connectivity index (χ0n) is 8.59. The Hall–Kier alpha value is -0.700. The number of carbonyl (C=O) groups is 2. The van der Waals surface area contributed by atoms with Gasteiger partial charge in [0, 0.05) is 6.42 Å². The van der Waals surface area contributed by atoms with Gasteiger partial charge in [-0.3, -0.25) is 9.59 Å². The summed E-state index contributed by atoms with van der Waals surface area (Å²) in [4.78, 5) is 22.5. The highest BCUT2D eigenvalue weighted by atomic mass is 16.3. The van der Waals surface area contributed by atoms with E-state index in [9.17, 15) is 14.7 Å². The van der Waals surface area contributed by atoms with Crippen molar-refractivity contribution in [2.45, 2.75) is 52.1 Å². The number of Topliss-reactive ketones (excluding diaryl/α,β-unsaturated/α-hetero) is 2. The van der Waals surface area contributed by atoms with Crippen molar-refractivity contribution >= 4 is 11.6 Å².